The number of rotatable bonds is 2. The Morgan fingerprint density at radius 1 is 1.12 bits per heavy atom. The Hall–Kier alpha value is -0.430. The topological polar surface area (TPSA) is 83.8 Å². The average Bonchev–Trinajstić information content (AvgIpc) is 2.83. The van der Waals surface area contributed by atoms with Gasteiger partial charge in [-0.05, 0) is 80.0 Å². The molecule has 3 fully saturated rings. The van der Waals surface area contributed by atoms with E-state index >= 15 is 0 Å². The van der Waals surface area contributed by atoms with Crippen LogP contribution in [0.25, 0.3) is 0 Å². The largest absolute Gasteiger partial charge is 0.397 e. The van der Waals surface area contributed by atoms with E-state index in [4.69, 9.17) is 8.74 Å². The second-order valence-corrected chi connectivity index (χ2v) is 10.3. The van der Waals surface area contributed by atoms with Crippen molar-refractivity contribution in [3.8, 4) is 0 Å². The molecule has 0 aromatic carbocycles. The van der Waals surface area contributed by atoms with Crippen molar-refractivity contribution in [1.82, 2.24) is 0 Å². The van der Waals surface area contributed by atoms with Crippen LogP contribution in [0.15, 0.2) is 11.6 Å². The molecule has 4 aliphatic carbocycles. The van der Waals surface area contributed by atoms with Crippen LogP contribution in [-0.4, -0.2) is 30.3 Å². The highest BCUT2D eigenvalue weighted by Gasteiger charge is 2.59. The number of hydrogen-bond acceptors (Lipinski definition) is 4. The van der Waals surface area contributed by atoms with Crippen LogP contribution in [0, 0.1) is 28.6 Å². The van der Waals surface area contributed by atoms with Gasteiger partial charge in [0.15, 0.2) is 0 Å². The molecule has 7 atom stereocenters. The van der Waals surface area contributed by atoms with Crippen molar-refractivity contribution in [1.29, 1.82) is 0 Å². The third-order valence-electron chi connectivity index (χ3n) is 8.23. The number of fused-ring (bicyclic) bond motifs is 5. The molecule has 0 aliphatic heterocycles. The fourth-order valence-electron chi connectivity index (χ4n) is 6.90. The van der Waals surface area contributed by atoms with Crippen LogP contribution in [0.2, 0.25) is 0 Å². The molecule has 4 aliphatic rings. The van der Waals surface area contributed by atoms with Gasteiger partial charge in [0, 0.05) is 0 Å². The van der Waals surface area contributed by atoms with E-state index in [1.54, 1.807) is 0 Å². The van der Waals surface area contributed by atoms with Gasteiger partial charge in [0.05, 0.1) is 12.2 Å². The summed E-state index contributed by atoms with van der Waals surface area (Å²) < 4.78 is 36.7. The van der Waals surface area contributed by atoms with E-state index in [2.05, 4.69) is 19.9 Å². The second kappa shape index (κ2) is 5.78. The molecule has 2 N–H and O–H groups in total. The summed E-state index contributed by atoms with van der Waals surface area (Å²) >= 11 is 0. The maximum atomic E-state index is 11.3. The lowest BCUT2D eigenvalue weighted by Crippen LogP contribution is -2.51. The third-order valence-corrected chi connectivity index (χ3v) is 8.70. The van der Waals surface area contributed by atoms with Crippen LogP contribution in [0.3, 0.4) is 0 Å². The third kappa shape index (κ3) is 2.80. The summed E-state index contributed by atoms with van der Waals surface area (Å²) in [5.41, 5.74) is 1.46. The first-order valence-corrected chi connectivity index (χ1v) is 11.0. The van der Waals surface area contributed by atoms with Crippen molar-refractivity contribution in [3.05, 3.63) is 11.6 Å². The molecule has 5 nitrogen and oxygen atoms in total. The minimum atomic E-state index is -4.40. The minimum Gasteiger partial charge on any atom is -0.393 e. The van der Waals surface area contributed by atoms with Crippen LogP contribution in [0.4, 0.5) is 0 Å². The summed E-state index contributed by atoms with van der Waals surface area (Å²) in [4.78, 5) is 0. The Morgan fingerprint density at radius 3 is 2.60 bits per heavy atom. The van der Waals surface area contributed by atoms with Gasteiger partial charge in [-0.1, -0.05) is 25.5 Å². The van der Waals surface area contributed by atoms with Crippen LogP contribution in [0.5, 0.6) is 0 Å². The Labute approximate surface area is 150 Å². The van der Waals surface area contributed by atoms with Crippen LogP contribution in [-0.2, 0) is 14.6 Å². The van der Waals surface area contributed by atoms with Gasteiger partial charge in [-0.15, -0.1) is 0 Å². The summed E-state index contributed by atoms with van der Waals surface area (Å²) in [6.07, 6.45) is 9.25. The van der Waals surface area contributed by atoms with E-state index in [1.165, 1.54) is 5.57 Å². The SMILES string of the molecule is C[C@]12CC[C@H]3[C@@H](CC=C4C[C@H](O)CC[C@@]43C)[C@@H]1CC[C@@H]2OS(=O)(=O)O. The number of allylic oxidation sites excluding steroid dienone is 1. The zero-order chi connectivity index (χ0) is 18.0. The fourth-order valence-corrected chi connectivity index (χ4v) is 7.51. The lowest BCUT2D eigenvalue weighted by molar-refractivity contribution is -0.0655. The first-order chi connectivity index (χ1) is 11.6. The van der Waals surface area contributed by atoms with Crippen molar-refractivity contribution in [2.75, 3.05) is 0 Å². The van der Waals surface area contributed by atoms with Gasteiger partial charge in [0.2, 0.25) is 0 Å². The van der Waals surface area contributed by atoms with Crippen molar-refractivity contribution in [2.24, 2.45) is 28.6 Å². The van der Waals surface area contributed by atoms with Gasteiger partial charge in [-0.3, -0.25) is 4.55 Å². The van der Waals surface area contributed by atoms with E-state index < -0.39 is 16.5 Å². The summed E-state index contributed by atoms with van der Waals surface area (Å²) in [5.74, 6) is 1.61. The highest BCUT2D eigenvalue weighted by atomic mass is 32.3. The van der Waals surface area contributed by atoms with Crippen molar-refractivity contribution >= 4 is 10.4 Å². The monoisotopic (exact) mass is 370 g/mol. The minimum absolute atomic E-state index is 0.174. The second-order valence-electron chi connectivity index (χ2n) is 9.29. The summed E-state index contributed by atoms with van der Waals surface area (Å²) in [7, 11) is -4.40. The Kier molecular flexibility index (Phi) is 4.15. The molecular formula is C19H30O5S. The van der Waals surface area contributed by atoms with Gasteiger partial charge < -0.3 is 5.11 Å². The van der Waals surface area contributed by atoms with Crippen molar-refractivity contribution in [3.63, 3.8) is 0 Å². The molecule has 0 bridgehead atoms. The molecule has 142 valence electrons. The molecule has 3 saturated carbocycles. The molecule has 0 radical (unpaired) electrons. The standard InChI is InChI=1S/C19H30O5S/c1-18-9-7-13(20)11-12(18)3-4-14-15-5-6-17(24-25(21,22)23)19(15,2)10-8-16(14)18/h3,13-17,20H,4-11H2,1-2H3,(H,21,22,23)/t13-,14+,15+,16+,17+,18+,19+/m1/s1. The molecule has 25 heavy (non-hydrogen) atoms. The van der Waals surface area contributed by atoms with E-state index in [9.17, 15) is 13.5 Å². The van der Waals surface area contributed by atoms with Gasteiger partial charge in [0.25, 0.3) is 0 Å². The van der Waals surface area contributed by atoms with Crippen LogP contribution < -0.4 is 0 Å². The lowest BCUT2D eigenvalue weighted by atomic mass is 9.48. The van der Waals surface area contributed by atoms with E-state index in [0.29, 0.717) is 24.2 Å². The Bertz CT molecular complexity index is 686. The Morgan fingerprint density at radius 2 is 1.88 bits per heavy atom. The lowest BCUT2D eigenvalue weighted by Gasteiger charge is -2.57. The molecule has 0 heterocycles. The van der Waals surface area contributed by atoms with Gasteiger partial charge in [-0.2, -0.15) is 8.42 Å². The van der Waals surface area contributed by atoms with Gasteiger partial charge >= 0.3 is 10.4 Å². The van der Waals surface area contributed by atoms with E-state index in [0.717, 1.165) is 44.9 Å². The maximum Gasteiger partial charge on any atom is 0.397 e. The van der Waals surface area contributed by atoms with Crippen LogP contribution in [0.1, 0.15) is 65.2 Å². The highest BCUT2D eigenvalue weighted by molar-refractivity contribution is 7.80. The molecule has 0 unspecified atom stereocenters. The predicted molar refractivity (Wildman–Crippen MR) is 94.1 cm³/mol. The van der Waals surface area contributed by atoms with Crippen molar-refractivity contribution < 1.29 is 22.3 Å². The average molecular weight is 371 g/mol. The molecule has 0 aromatic rings. The molecule has 0 aromatic heterocycles. The number of hydrogen-bond donors (Lipinski definition) is 2. The van der Waals surface area contributed by atoms with Gasteiger partial charge in [-0.25, -0.2) is 4.18 Å². The predicted octanol–water partition coefficient (Wildman–Crippen LogP) is 3.50. The molecule has 6 heteroatoms. The molecular weight excluding hydrogens is 340 g/mol. The maximum absolute atomic E-state index is 11.3. The summed E-state index contributed by atoms with van der Waals surface area (Å²) in [6.45, 7) is 4.54. The van der Waals surface area contributed by atoms with Crippen molar-refractivity contribution in [2.45, 2.75) is 77.4 Å². The summed E-state index contributed by atoms with van der Waals surface area (Å²) in [6, 6.07) is 0. The molecule has 0 saturated heterocycles. The smallest absolute Gasteiger partial charge is 0.393 e. The van der Waals surface area contributed by atoms with Crippen LogP contribution >= 0.6 is 0 Å². The molecule has 4 rings (SSSR count). The first-order valence-electron chi connectivity index (χ1n) is 9.67. The Balaban J connectivity index is 1.62. The quantitative estimate of drug-likeness (QED) is 0.574. The molecule has 0 spiro atoms. The molecule has 0 amide bonds. The fraction of sp³-hybridized carbons (Fsp3) is 0.895. The summed E-state index contributed by atoms with van der Waals surface area (Å²) in [5, 5.41) is 10.1. The van der Waals surface area contributed by atoms with E-state index in [-0.39, 0.29) is 16.9 Å². The van der Waals surface area contributed by atoms with E-state index in [1.807, 2.05) is 0 Å². The number of aliphatic hydroxyl groups excluding tert-OH is 1. The van der Waals surface area contributed by atoms with Gasteiger partial charge in [0.1, 0.15) is 0 Å². The first kappa shape index (κ1) is 18.0. The highest BCUT2D eigenvalue weighted by Crippen LogP contribution is 2.65. The zero-order valence-electron chi connectivity index (χ0n) is 15.1. The normalized spacial score (nSPS) is 49.8. The zero-order valence-corrected chi connectivity index (χ0v) is 16.0. The number of aliphatic hydroxyl groups is 1.